The van der Waals surface area contributed by atoms with E-state index in [1.54, 1.807) is 53.1 Å². The fraction of sp³-hybridized carbons (Fsp3) is 0.273. The Bertz CT molecular complexity index is 1130. The van der Waals surface area contributed by atoms with Crippen LogP contribution in [0.25, 0.3) is 0 Å². The van der Waals surface area contributed by atoms with E-state index in [4.69, 9.17) is 11.6 Å². The van der Waals surface area contributed by atoms with Crippen LogP contribution in [0.3, 0.4) is 0 Å². The van der Waals surface area contributed by atoms with Crippen molar-refractivity contribution in [1.29, 1.82) is 0 Å². The lowest BCUT2D eigenvalue weighted by Gasteiger charge is -2.42. The number of rotatable bonds is 4. The molecular formula is C22H18ClN3O4S. The summed E-state index contributed by atoms with van der Waals surface area (Å²) >= 11 is 7.59. The van der Waals surface area contributed by atoms with Gasteiger partial charge in [0, 0.05) is 23.7 Å². The topological polar surface area (TPSA) is 83.8 Å². The third kappa shape index (κ3) is 3.40. The van der Waals surface area contributed by atoms with Crippen LogP contribution in [0.5, 0.6) is 0 Å². The Kier molecular flexibility index (Phi) is 4.98. The molecule has 0 saturated carbocycles. The number of carbonyl (C=O) groups is 2. The van der Waals surface area contributed by atoms with Gasteiger partial charge in [0.25, 0.3) is 5.69 Å². The highest BCUT2D eigenvalue weighted by Crippen LogP contribution is 2.54. The zero-order valence-corrected chi connectivity index (χ0v) is 17.9. The fourth-order valence-corrected chi connectivity index (χ4v) is 6.29. The highest BCUT2D eigenvalue weighted by atomic mass is 35.5. The molecule has 2 aliphatic heterocycles. The van der Waals surface area contributed by atoms with Gasteiger partial charge in [-0.15, -0.1) is 11.8 Å². The second-order valence-corrected chi connectivity index (χ2v) is 9.42. The number of nitro groups is 1. The summed E-state index contributed by atoms with van der Waals surface area (Å²) in [5, 5.41) is 11.4. The number of allylic oxidation sites excluding steroid dienone is 1. The van der Waals surface area contributed by atoms with Crippen molar-refractivity contribution in [3.05, 3.63) is 79.7 Å². The van der Waals surface area contributed by atoms with Gasteiger partial charge in [-0.25, -0.2) is 9.69 Å². The van der Waals surface area contributed by atoms with Gasteiger partial charge in [-0.2, -0.15) is 0 Å². The molecular weight excluding hydrogens is 438 g/mol. The summed E-state index contributed by atoms with van der Waals surface area (Å²) in [6.45, 7) is 0.187. The highest BCUT2D eigenvalue weighted by Gasteiger charge is 2.53. The number of hydrogen-bond acceptors (Lipinski definition) is 5. The molecule has 7 nitrogen and oxygen atoms in total. The van der Waals surface area contributed by atoms with Crippen molar-refractivity contribution in [2.24, 2.45) is 5.92 Å². The largest absolute Gasteiger partial charge is 0.332 e. The molecule has 0 aromatic heterocycles. The maximum atomic E-state index is 13.5. The number of nitrogens with zero attached hydrogens (tertiary/aromatic N) is 3. The predicted octanol–water partition coefficient (Wildman–Crippen LogP) is 5.34. The Morgan fingerprint density at radius 3 is 2.65 bits per heavy atom. The van der Waals surface area contributed by atoms with E-state index in [9.17, 15) is 19.7 Å². The number of benzene rings is 2. The minimum atomic E-state index is -0.450. The summed E-state index contributed by atoms with van der Waals surface area (Å²) in [7, 11) is 0. The summed E-state index contributed by atoms with van der Waals surface area (Å²) in [4.78, 5) is 41.9. The lowest BCUT2D eigenvalue weighted by Crippen LogP contribution is -2.60. The van der Waals surface area contributed by atoms with Crippen molar-refractivity contribution in [2.45, 2.75) is 31.2 Å². The summed E-state index contributed by atoms with van der Waals surface area (Å²) in [5.74, 6) is -0.610. The van der Waals surface area contributed by atoms with Crippen LogP contribution in [0.1, 0.15) is 24.8 Å². The molecule has 3 amide bonds. The van der Waals surface area contributed by atoms with Crippen molar-refractivity contribution >= 4 is 46.7 Å². The Morgan fingerprint density at radius 2 is 1.90 bits per heavy atom. The number of halogens is 1. The number of imide groups is 1. The third-order valence-corrected chi connectivity index (χ3v) is 7.69. The van der Waals surface area contributed by atoms with Gasteiger partial charge in [-0.3, -0.25) is 14.9 Å². The number of thioether (sulfide) groups is 1. The molecule has 1 fully saturated rings. The second-order valence-electron chi connectivity index (χ2n) is 7.78. The first-order valence-electron chi connectivity index (χ1n) is 9.96. The molecule has 5 rings (SSSR count). The Balaban J connectivity index is 1.54. The van der Waals surface area contributed by atoms with Crippen LogP contribution in [-0.2, 0) is 11.3 Å². The fourth-order valence-electron chi connectivity index (χ4n) is 4.52. The van der Waals surface area contributed by atoms with Crippen molar-refractivity contribution in [1.82, 2.24) is 4.90 Å². The van der Waals surface area contributed by atoms with E-state index in [1.807, 2.05) is 0 Å². The molecule has 31 heavy (non-hydrogen) atoms. The molecule has 2 unspecified atom stereocenters. The van der Waals surface area contributed by atoms with E-state index in [0.717, 1.165) is 24.8 Å². The molecule has 0 bridgehead atoms. The van der Waals surface area contributed by atoms with Crippen molar-refractivity contribution in [3.8, 4) is 0 Å². The zero-order chi connectivity index (χ0) is 21.7. The highest BCUT2D eigenvalue weighted by molar-refractivity contribution is 8.04. The number of fused-ring (bicyclic) bond motifs is 2. The molecule has 2 aromatic rings. The molecule has 3 aliphatic rings. The van der Waals surface area contributed by atoms with Crippen LogP contribution in [0.15, 0.2) is 59.0 Å². The first kappa shape index (κ1) is 20.1. The number of carbonyl (C=O) groups excluding carboxylic acids is 2. The van der Waals surface area contributed by atoms with Gasteiger partial charge in [0.15, 0.2) is 0 Å². The summed E-state index contributed by atoms with van der Waals surface area (Å²) in [5.41, 5.74) is 2.23. The van der Waals surface area contributed by atoms with E-state index >= 15 is 0 Å². The number of hydrogen-bond donors (Lipinski definition) is 0. The second kappa shape index (κ2) is 7.69. The van der Waals surface area contributed by atoms with E-state index in [2.05, 4.69) is 0 Å². The predicted molar refractivity (Wildman–Crippen MR) is 119 cm³/mol. The molecule has 0 spiro atoms. The average molecular weight is 456 g/mol. The molecule has 0 radical (unpaired) electrons. The molecule has 158 valence electrons. The monoisotopic (exact) mass is 455 g/mol. The summed E-state index contributed by atoms with van der Waals surface area (Å²) < 4.78 is 0. The third-order valence-electron chi connectivity index (χ3n) is 5.92. The molecule has 0 N–H and O–H groups in total. The lowest BCUT2D eigenvalue weighted by atomic mass is 9.93. The summed E-state index contributed by atoms with van der Waals surface area (Å²) in [6.07, 6.45) is 2.82. The quantitative estimate of drug-likeness (QED) is 0.458. The van der Waals surface area contributed by atoms with Crippen LogP contribution in [0.2, 0.25) is 5.02 Å². The number of amides is 3. The van der Waals surface area contributed by atoms with Gasteiger partial charge >= 0.3 is 6.03 Å². The summed E-state index contributed by atoms with van der Waals surface area (Å²) in [6, 6.07) is 12.5. The normalized spacial score (nSPS) is 22.7. The van der Waals surface area contributed by atoms with E-state index in [1.165, 1.54) is 21.9 Å². The van der Waals surface area contributed by atoms with Crippen LogP contribution >= 0.6 is 23.4 Å². The molecule has 1 aliphatic carbocycles. The van der Waals surface area contributed by atoms with Crippen LogP contribution in [0, 0.1) is 16.0 Å². The lowest BCUT2D eigenvalue weighted by molar-refractivity contribution is -0.384. The van der Waals surface area contributed by atoms with Crippen LogP contribution in [0.4, 0.5) is 16.2 Å². The maximum absolute atomic E-state index is 13.5. The molecule has 2 aromatic carbocycles. The van der Waals surface area contributed by atoms with E-state index in [-0.39, 0.29) is 23.5 Å². The van der Waals surface area contributed by atoms with Crippen molar-refractivity contribution in [2.75, 3.05) is 4.90 Å². The van der Waals surface area contributed by atoms with E-state index < -0.39 is 16.9 Å². The number of urea groups is 1. The zero-order valence-electron chi connectivity index (χ0n) is 16.4. The number of non-ortho nitro benzene ring substituents is 1. The van der Waals surface area contributed by atoms with Gasteiger partial charge in [-0.1, -0.05) is 23.7 Å². The van der Waals surface area contributed by atoms with Gasteiger partial charge in [0.1, 0.15) is 0 Å². The van der Waals surface area contributed by atoms with Crippen LogP contribution in [-0.4, -0.2) is 27.1 Å². The standard InChI is InChI=1S/C22H18ClN3O4S/c23-14-7-9-15(10-8-14)25-20(27)19-17-5-2-6-18(17)31-21(19)24(22(25)28)12-13-3-1-4-16(11-13)26(29)30/h1,3-4,7-11,19,21H,2,5-6,12H2. The van der Waals surface area contributed by atoms with E-state index in [0.29, 0.717) is 16.3 Å². The number of anilines is 1. The minimum Gasteiger partial charge on any atom is -0.306 e. The molecule has 2 atom stereocenters. The Labute approximate surface area is 187 Å². The minimum absolute atomic E-state index is 0.0242. The number of nitro benzene ring substituents is 1. The van der Waals surface area contributed by atoms with Gasteiger partial charge in [-0.05, 0) is 59.6 Å². The van der Waals surface area contributed by atoms with Crippen molar-refractivity contribution < 1.29 is 14.5 Å². The maximum Gasteiger partial charge on any atom is 0.332 e. The first-order chi connectivity index (χ1) is 14.9. The Hall–Kier alpha value is -2.84. The Morgan fingerprint density at radius 1 is 1.13 bits per heavy atom. The molecule has 1 saturated heterocycles. The first-order valence-corrected chi connectivity index (χ1v) is 11.2. The van der Waals surface area contributed by atoms with Crippen molar-refractivity contribution in [3.63, 3.8) is 0 Å². The van der Waals surface area contributed by atoms with Gasteiger partial charge in [0.05, 0.1) is 21.9 Å². The smallest absolute Gasteiger partial charge is 0.306 e. The van der Waals surface area contributed by atoms with Crippen LogP contribution < -0.4 is 4.90 Å². The SMILES string of the molecule is O=C1C2C3=C(CCC3)SC2N(Cc2cccc([N+](=O)[O-])c2)C(=O)N1c1ccc(Cl)cc1. The van der Waals surface area contributed by atoms with Gasteiger partial charge in [0.2, 0.25) is 5.91 Å². The molecule has 9 heteroatoms. The van der Waals surface area contributed by atoms with Gasteiger partial charge < -0.3 is 4.90 Å². The molecule has 2 heterocycles. The average Bonchev–Trinajstić information content (AvgIpc) is 3.34.